The minimum atomic E-state index is -0.413. The summed E-state index contributed by atoms with van der Waals surface area (Å²) in [4.78, 5) is 23.2. The van der Waals surface area contributed by atoms with E-state index in [2.05, 4.69) is 5.32 Å². The molecule has 0 bridgehead atoms. The maximum atomic E-state index is 11.2. The van der Waals surface area contributed by atoms with Crippen LogP contribution in [-0.2, 0) is 11.2 Å². The molecule has 1 aromatic heterocycles. The number of carbonyl (C=O) groups is 2. The van der Waals surface area contributed by atoms with Gasteiger partial charge in [0.1, 0.15) is 0 Å². The zero-order chi connectivity index (χ0) is 12.0. The van der Waals surface area contributed by atoms with E-state index in [1.807, 2.05) is 11.4 Å². The molecule has 0 unspecified atom stereocenters. The van der Waals surface area contributed by atoms with E-state index in [-0.39, 0.29) is 5.78 Å². The Bertz CT molecular complexity index is 373. The molecule has 0 saturated carbocycles. The Balaban J connectivity index is 2.40. The first-order chi connectivity index (χ1) is 7.65. The Morgan fingerprint density at radius 2 is 2.25 bits per heavy atom. The van der Waals surface area contributed by atoms with Gasteiger partial charge in [0.25, 0.3) is 0 Å². The van der Waals surface area contributed by atoms with Crippen molar-refractivity contribution in [3.63, 3.8) is 0 Å². The molecule has 0 spiro atoms. The van der Waals surface area contributed by atoms with Gasteiger partial charge in [-0.3, -0.25) is 4.79 Å². The van der Waals surface area contributed by atoms with E-state index < -0.39 is 6.09 Å². The van der Waals surface area contributed by atoms with E-state index in [0.29, 0.717) is 19.6 Å². The maximum Gasteiger partial charge on any atom is 0.407 e. The van der Waals surface area contributed by atoms with Gasteiger partial charge in [-0.15, -0.1) is 11.3 Å². The molecular weight excluding hydrogens is 226 g/mol. The smallest absolute Gasteiger partial charge is 0.407 e. The molecule has 0 aliphatic rings. The summed E-state index contributed by atoms with van der Waals surface area (Å²) >= 11 is 1.53. The van der Waals surface area contributed by atoms with Crippen molar-refractivity contribution in [1.29, 1.82) is 0 Å². The number of nitrogens with one attached hydrogen (secondary N) is 1. The van der Waals surface area contributed by atoms with Crippen LogP contribution in [0.15, 0.2) is 11.4 Å². The number of amides is 1. The predicted molar refractivity (Wildman–Crippen MR) is 63.1 cm³/mol. The molecule has 88 valence electrons. The van der Waals surface area contributed by atoms with Gasteiger partial charge in [-0.25, -0.2) is 4.79 Å². The topological polar surface area (TPSA) is 55.4 Å². The lowest BCUT2D eigenvalue weighted by atomic mass is 10.1. The second-order valence-corrected chi connectivity index (χ2v) is 4.21. The van der Waals surface area contributed by atoms with Gasteiger partial charge in [-0.2, -0.15) is 0 Å². The molecule has 0 atom stereocenters. The van der Waals surface area contributed by atoms with Crippen molar-refractivity contribution in [3.05, 3.63) is 21.9 Å². The average molecular weight is 241 g/mol. The minimum absolute atomic E-state index is 0.0624. The molecule has 1 aromatic rings. The molecular formula is C11H15NO3S. The highest BCUT2D eigenvalue weighted by Crippen LogP contribution is 2.17. The Kier molecular flexibility index (Phi) is 4.98. The van der Waals surface area contributed by atoms with Gasteiger partial charge in [-0.05, 0) is 31.7 Å². The highest BCUT2D eigenvalue weighted by molar-refractivity contribution is 7.10. The molecule has 1 heterocycles. The zero-order valence-corrected chi connectivity index (χ0v) is 10.2. The van der Waals surface area contributed by atoms with Gasteiger partial charge in [-0.1, -0.05) is 0 Å². The number of alkyl carbamates (subject to hydrolysis) is 1. The predicted octanol–water partition coefficient (Wildman–Crippen LogP) is 2.24. The van der Waals surface area contributed by atoms with Gasteiger partial charge in [0, 0.05) is 17.0 Å². The van der Waals surface area contributed by atoms with E-state index >= 15 is 0 Å². The van der Waals surface area contributed by atoms with Crippen molar-refractivity contribution < 1.29 is 14.3 Å². The second-order valence-electron chi connectivity index (χ2n) is 3.21. The number of hydrogen-bond acceptors (Lipinski definition) is 4. The van der Waals surface area contributed by atoms with Crippen LogP contribution in [0.2, 0.25) is 0 Å². The van der Waals surface area contributed by atoms with E-state index in [1.54, 1.807) is 13.8 Å². The second kappa shape index (κ2) is 6.27. The van der Waals surface area contributed by atoms with E-state index in [9.17, 15) is 9.59 Å². The summed E-state index contributed by atoms with van der Waals surface area (Å²) in [5.41, 5.74) is 0.746. The van der Waals surface area contributed by atoms with Gasteiger partial charge in [0.2, 0.25) is 0 Å². The molecule has 0 fully saturated rings. The molecule has 1 rings (SSSR count). The molecule has 0 aromatic carbocycles. The highest BCUT2D eigenvalue weighted by atomic mass is 32.1. The van der Waals surface area contributed by atoms with Crippen LogP contribution in [0.5, 0.6) is 0 Å². The highest BCUT2D eigenvalue weighted by Gasteiger charge is 2.08. The quantitative estimate of drug-likeness (QED) is 0.804. The summed E-state index contributed by atoms with van der Waals surface area (Å²) in [6, 6.07) is 1.81. The summed E-state index contributed by atoms with van der Waals surface area (Å²) in [5, 5.41) is 4.51. The lowest BCUT2D eigenvalue weighted by Crippen LogP contribution is -2.26. The Labute approximate surface area is 98.6 Å². The van der Waals surface area contributed by atoms with Crippen molar-refractivity contribution in [2.75, 3.05) is 13.2 Å². The fourth-order valence-electron chi connectivity index (χ4n) is 1.31. The summed E-state index contributed by atoms with van der Waals surface area (Å²) in [5.74, 6) is 0.0624. The van der Waals surface area contributed by atoms with Crippen LogP contribution in [0.4, 0.5) is 4.79 Å². The fourth-order valence-corrected chi connectivity index (χ4v) is 2.24. The molecule has 5 heteroatoms. The SMILES string of the molecule is CCOC(=O)NCCc1sccc1C(C)=O. The normalized spacial score (nSPS) is 9.88. The van der Waals surface area contributed by atoms with Gasteiger partial charge < -0.3 is 10.1 Å². The van der Waals surface area contributed by atoms with Crippen molar-refractivity contribution in [2.24, 2.45) is 0 Å². The first kappa shape index (κ1) is 12.7. The van der Waals surface area contributed by atoms with Crippen molar-refractivity contribution in [2.45, 2.75) is 20.3 Å². The molecule has 0 saturated heterocycles. The van der Waals surface area contributed by atoms with Gasteiger partial charge in [0.05, 0.1) is 6.61 Å². The standard InChI is InChI=1S/C11H15NO3S/c1-3-15-11(14)12-6-4-10-9(8(2)13)5-7-16-10/h5,7H,3-4,6H2,1-2H3,(H,12,14). The number of thiophene rings is 1. The zero-order valence-electron chi connectivity index (χ0n) is 9.41. The number of ketones is 1. The van der Waals surface area contributed by atoms with E-state index in [1.165, 1.54) is 11.3 Å². The van der Waals surface area contributed by atoms with Crippen LogP contribution in [0.25, 0.3) is 0 Å². The minimum Gasteiger partial charge on any atom is -0.450 e. The van der Waals surface area contributed by atoms with Crippen LogP contribution in [-0.4, -0.2) is 25.0 Å². The molecule has 4 nitrogen and oxygen atoms in total. The molecule has 0 aliphatic carbocycles. The summed E-state index contributed by atoms with van der Waals surface area (Å²) in [6.45, 7) is 4.15. The van der Waals surface area contributed by atoms with Crippen LogP contribution < -0.4 is 5.32 Å². The summed E-state index contributed by atoms with van der Waals surface area (Å²) in [6.07, 6.45) is 0.245. The van der Waals surface area contributed by atoms with Gasteiger partial charge >= 0.3 is 6.09 Å². The fraction of sp³-hybridized carbons (Fsp3) is 0.455. The van der Waals surface area contributed by atoms with Crippen molar-refractivity contribution in [3.8, 4) is 0 Å². The molecule has 0 radical (unpaired) electrons. The number of hydrogen-bond donors (Lipinski definition) is 1. The number of Topliss-reactive ketones (excluding diaryl/α,β-unsaturated/α-hetero) is 1. The first-order valence-corrected chi connectivity index (χ1v) is 6.01. The van der Waals surface area contributed by atoms with Crippen LogP contribution in [0.3, 0.4) is 0 Å². The van der Waals surface area contributed by atoms with Crippen LogP contribution >= 0.6 is 11.3 Å². The molecule has 1 N–H and O–H groups in total. The third kappa shape index (κ3) is 3.66. The Morgan fingerprint density at radius 1 is 1.50 bits per heavy atom. The Morgan fingerprint density at radius 3 is 2.88 bits per heavy atom. The Hall–Kier alpha value is -1.36. The summed E-state index contributed by atoms with van der Waals surface area (Å²) < 4.78 is 4.73. The third-order valence-electron chi connectivity index (χ3n) is 2.02. The van der Waals surface area contributed by atoms with Crippen LogP contribution in [0.1, 0.15) is 29.1 Å². The maximum absolute atomic E-state index is 11.2. The van der Waals surface area contributed by atoms with Crippen molar-refractivity contribution >= 4 is 23.2 Å². The van der Waals surface area contributed by atoms with Crippen LogP contribution in [0, 0.1) is 0 Å². The van der Waals surface area contributed by atoms with E-state index in [0.717, 1.165) is 10.4 Å². The van der Waals surface area contributed by atoms with Gasteiger partial charge in [0.15, 0.2) is 5.78 Å². The third-order valence-corrected chi connectivity index (χ3v) is 3.00. The lowest BCUT2D eigenvalue weighted by Gasteiger charge is -2.04. The first-order valence-electron chi connectivity index (χ1n) is 5.13. The van der Waals surface area contributed by atoms with E-state index in [4.69, 9.17) is 4.74 Å². The average Bonchev–Trinajstić information content (AvgIpc) is 2.66. The molecule has 16 heavy (non-hydrogen) atoms. The largest absolute Gasteiger partial charge is 0.450 e. The molecule has 0 aliphatic heterocycles. The lowest BCUT2D eigenvalue weighted by molar-refractivity contribution is 0.101. The monoisotopic (exact) mass is 241 g/mol. The number of carbonyl (C=O) groups excluding carboxylic acids is 2. The molecule has 1 amide bonds. The summed E-state index contributed by atoms with van der Waals surface area (Å²) in [7, 11) is 0. The van der Waals surface area contributed by atoms with Crippen molar-refractivity contribution in [1.82, 2.24) is 5.32 Å². The number of rotatable bonds is 5. The number of ether oxygens (including phenoxy) is 1.